The van der Waals surface area contributed by atoms with Crippen molar-refractivity contribution in [3.63, 3.8) is 0 Å². The molecule has 2 heterocycles. The molecule has 1 atom stereocenters. The highest BCUT2D eigenvalue weighted by Gasteiger charge is 2.29. The molecule has 2 rings (SSSR count). The van der Waals surface area contributed by atoms with Crippen molar-refractivity contribution in [1.29, 1.82) is 0 Å². The van der Waals surface area contributed by atoms with E-state index in [0.717, 1.165) is 25.9 Å². The number of hydrogen-bond acceptors (Lipinski definition) is 3. The van der Waals surface area contributed by atoms with E-state index in [-0.39, 0.29) is 5.91 Å². The number of likely N-dealkylation sites (N-methyl/N-ethyl adjacent to an activating group) is 1. The van der Waals surface area contributed by atoms with Gasteiger partial charge in [0, 0.05) is 6.54 Å². The largest absolute Gasteiger partial charge is 0.335 e. The van der Waals surface area contributed by atoms with Crippen molar-refractivity contribution in [1.82, 2.24) is 10.2 Å². The second-order valence-corrected chi connectivity index (χ2v) is 4.86. The van der Waals surface area contributed by atoms with Crippen molar-refractivity contribution in [2.45, 2.75) is 25.8 Å². The summed E-state index contributed by atoms with van der Waals surface area (Å²) in [6, 6.07) is 2.45. The summed E-state index contributed by atoms with van der Waals surface area (Å²) in [5, 5.41) is 7.34. The van der Waals surface area contributed by atoms with Gasteiger partial charge in [0.2, 0.25) is 5.91 Å². The molecule has 0 aliphatic carbocycles. The lowest BCUT2D eigenvalue weighted by atomic mass is 10.1. The van der Waals surface area contributed by atoms with Crippen LogP contribution in [0.15, 0.2) is 16.8 Å². The molecule has 88 valence electrons. The van der Waals surface area contributed by atoms with Gasteiger partial charge in [-0.05, 0) is 41.8 Å². The second-order valence-electron chi connectivity index (χ2n) is 4.08. The normalized spacial score (nSPS) is 20.3. The van der Waals surface area contributed by atoms with Crippen LogP contribution in [0.1, 0.15) is 31.4 Å². The Bertz CT molecular complexity index is 337. The van der Waals surface area contributed by atoms with Crippen LogP contribution in [0.4, 0.5) is 0 Å². The quantitative estimate of drug-likeness (QED) is 0.870. The van der Waals surface area contributed by atoms with Crippen LogP contribution in [0.5, 0.6) is 0 Å². The number of likely N-dealkylation sites (tertiary alicyclic amines) is 1. The smallest absolute Gasteiger partial charge is 0.237 e. The maximum atomic E-state index is 12.0. The fraction of sp³-hybridized carbons (Fsp3) is 0.583. The maximum absolute atomic E-state index is 12.0. The number of hydrogen-bond donors (Lipinski definition) is 1. The molecule has 1 unspecified atom stereocenters. The first-order chi connectivity index (χ1) is 7.83. The molecule has 1 saturated heterocycles. The van der Waals surface area contributed by atoms with Crippen LogP contribution in [0.25, 0.3) is 0 Å². The first-order valence-corrected chi connectivity index (χ1v) is 6.79. The molecule has 0 radical (unpaired) electrons. The zero-order valence-corrected chi connectivity index (χ0v) is 10.4. The van der Waals surface area contributed by atoms with E-state index in [0.29, 0.717) is 12.6 Å². The molecule has 1 aliphatic rings. The number of amides is 1. The van der Waals surface area contributed by atoms with Crippen molar-refractivity contribution >= 4 is 17.2 Å². The van der Waals surface area contributed by atoms with E-state index in [1.807, 2.05) is 11.8 Å². The Morgan fingerprint density at radius 1 is 1.69 bits per heavy atom. The Hall–Kier alpha value is -0.870. The van der Waals surface area contributed by atoms with E-state index >= 15 is 0 Å². The Morgan fingerprint density at radius 3 is 3.25 bits per heavy atom. The summed E-state index contributed by atoms with van der Waals surface area (Å²) in [6.45, 7) is 4.25. The third-order valence-corrected chi connectivity index (χ3v) is 3.73. The fourth-order valence-corrected chi connectivity index (χ4v) is 2.92. The van der Waals surface area contributed by atoms with Crippen LogP contribution in [-0.2, 0) is 4.79 Å². The zero-order valence-electron chi connectivity index (χ0n) is 9.61. The third-order valence-electron chi connectivity index (χ3n) is 3.03. The first-order valence-electron chi connectivity index (χ1n) is 5.85. The van der Waals surface area contributed by atoms with Crippen molar-refractivity contribution in [2.24, 2.45) is 0 Å². The van der Waals surface area contributed by atoms with Crippen molar-refractivity contribution in [2.75, 3.05) is 19.6 Å². The van der Waals surface area contributed by atoms with Gasteiger partial charge in [-0.2, -0.15) is 11.3 Å². The van der Waals surface area contributed by atoms with Crippen LogP contribution >= 0.6 is 11.3 Å². The Kier molecular flexibility index (Phi) is 3.96. The highest BCUT2D eigenvalue weighted by Crippen LogP contribution is 2.32. The van der Waals surface area contributed by atoms with Gasteiger partial charge in [-0.15, -0.1) is 0 Å². The maximum Gasteiger partial charge on any atom is 0.237 e. The Labute approximate surface area is 100 Å². The highest BCUT2D eigenvalue weighted by molar-refractivity contribution is 7.07. The lowest BCUT2D eigenvalue weighted by molar-refractivity contribution is -0.131. The van der Waals surface area contributed by atoms with E-state index in [1.165, 1.54) is 5.56 Å². The molecular weight excluding hydrogens is 220 g/mol. The molecule has 1 N–H and O–H groups in total. The van der Waals surface area contributed by atoms with Gasteiger partial charge in [-0.3, -0.25) is 4.79 Å². The molecule has 0 spiro atoms. The molecule has 4 heteroatoms. The van der Waals surface area contributed by atoms with Crippen LogP contribution in [0, 0.1) is 0 Å². The van der Waals surface area contributed by atoms with Gasteiger partial charge in [0.05, 0.1) is 12.6 Å². The summed E-state index contributed by atoms with van der Waals surface area (Å²) in [4.78, 5) is 14.0. The summed E-state index contributed by atoms with van der Waals surface area (Å²) in [7, 11) is 0. The third kappa shape index (κ3) is 2.44. The standard InChI is InChI=1S/C12H18N2OS/c1-2-13-8-12(15)14-6-3-4-11(14)10-5-7-16-9-10/h5,7,9,11,13H,2-4,6,8H2,1H3. The number of carbonyl (C=O) groups excluding carboxylic acids is 1. The van der Waals surface area contributed by atoms with Gasteiger partial charge in [0.1, 0.15) is 0 Å². The van der Waals surface area contributed by atoms with E-state index < -0.39 is 0 Å². The van der Waals surface area contributed by atoms with Gasteiger partial charge >= 0.3 is 0 Å². The Morgan fingerprint density at radius 2 is 2.56 bits per heavy atom. The van der Waals surface area contributed by atoms with Crippen LogP contribution < -0.4 is 5.32 Å². The van der Waals surface area contributed by atoms with Gasteiger partial charge in [-0.1, -0.05) is 6.92 Å². The van der Waals surface area contributed by atoms with Crippen LogP contribution in [0.2, 0.25) is 0 Å². The van der Waals surface area contributed by atoms with Crippen molar-refractivity contribution in [3.8, 4) is 0 Å². The average Bonchev–Trinajstić information content (AvgIpc) is 2.94. The van der Waals surface area contributed by atoms with E-state index in [9.17, 15) is 4.79 Å². The van der Waals surface area contributed by atoms with Crippen molar-refractivity contribution < 1.29 is 4.79 Å². The van der Waals surface area contributed by atoms with E-state index in [2.05, 4.69) is 22.1 Å². The number of nitrogens with zero attached hydrogens (tertiary/aromatic N) is 1. The van der Waals surface area contributed by atoms with Crippen LogP contribution in [0.3, 0.4) is 0 Å². The molecule has 0 bridgehead atoms. The fourth-order valence-electron chi connectivity index (χ4n) is 2.21. The van der Waals surface area contributed by atoms with E-state index in [4.69, 9.17) is 0 Å². The van der Waals surface area contributed by atoms with Gasteiger partial charge in [-0.25, -0.2) is 0 Å². The number of carbonyl (C=O) groups is 1. The Balaban J connectivity index is 2.01. The molecule has 1 aromatic rings. The lowest BCUT2D eigenvalue weighted by Crippen LogP contribution is -2.37. The zero-order chi connectivity index (χ0) is 11.4. The van der Waals surface area contributed by atoms with Crippen molar-refractivity contribution in [3.05, 3.63) is 22.4 Å². The number of rotatable bonds is 4. The summed E-state index contributed by atoms with van der Waals surface area (Å²) in [6.07, 6.45) is 2.23. The SMILES string of the molecule is CCNCC(=O)N1CCCC1c1ccsc1. The first kappa shape index (κ1) is 11.6. The van der Waals surface area contributed by atoms with Gasteiger partial charge < -0.3 is 10.2 Å². The molecule has 3 nitrogen and oxygen atoms in total. The van der Waals surface area contributed by atoms with Gasteiger partial charge in [0.25, 0.3) is 0 Å². The minimum Gasteiger partial charge on any atom is -0.335 e. The lowest BCUT2D eigenvalue weighted by Gasteiger charge is -2.24. The number of thiophene rings is 1. The second kappa shape index (κ2) is 5.46. The minimum absolute atomic E-state index is 0.232. The molecule has 1 amide bonds. The molecule has 1 fully saturated rings. The molecule has 1 aliphatic heterocycles. The summed E-state index contributed by atoms with van der Waals surface area (Å²) >= 11 is 1.70. The molecule has 16 heavy (non-hydrogen) atoms. The van der Waals surface area contributed by atoms with E-state index in [1.54, 1.807) is 11.3 Å². The number of nitrogens with one attached hydrogen (secondary N) is 1. The molecule has 1 aromatic heterocycles. The molecule has 0 saturated carbocycles. The average molecular weight is 238 g/mol. The predicted octanol–water partition coefficient (Wildman–Crippen LogP) is 2.02. The van der Waals surface area contributed by atoms with Crippen LogP contribution in [-0.4, -0.2) is 30.4 Å². The predicted molar refractivity (Wildman–Crippen MR) is 66.6 cm³/mol. The summed E-state index contributed by atoms with van der Waals surface area (Å²) in [5.74, 6) is 0.232. The monoisotopic (exact) mass is 238 g/mol. The highest BCUT2D eigenvalue weighted by atomic mass is 32.1. The topological polar surface area (TPSA) is 32.3 Å². The summed E-state index contributed by atoms with van der Waals surface area (Å²) < 4.78 is 0. The minimum atomic E-state index is 0.232. The van der Waals surface area contributed by atoms with Gasteiger partial charge in [0.15, 0.2) is 0 Å². The molecule has 0 aromatic carbocycles. The summed E-state index contributed by atoms with van der Waals surface area (Å²) in [5.41, 5.74) is 1.30. The molecular formula is C12H18N2OS.